The highest BCUT2D eigenvalue weighted by atomic mass is 15.1. The van der Waals surface area contributed by atoms with Gasteiger partial charge in [-0.15, -0.1) is 18.9 Å². The molecule has 0 aliphatic carbocycles. The van der Waals surface area contributed by atoms with Crippen LogP contribution in [0.3, 0.4) is 0 Å². The van der Waals surface area contributed by atoms with Gasteiger partial charge in [-0.05, 0) is 25.7 Å². The van der Waals surface area contributed by atoms with E-state index in [0.29, 0.717) is 0 Å². The zero-order chi connectivity index (χ0) is 12.2. The molecule has 0 rings (SSSR count). The molecule has 0 aliphatic heterocycles. The van der Waals surface area contributed by atoms with Crippen molar-refractivity contribution in [3.8, 4) is 0 Å². The summed E-state index contributed by atoms with van der Waals surface area (Å²) >= 11 is 0. The Morgan fingerprint density at radius 2 is 1.62 bits per heavy atom. The predicted octanol–water partition coefficient (Wildman–Crippen LogP) is 2.32. The van der Waals surface area contributed by atoms with Crippen LogP contribution in [0.4, 0.5) is 0 Å². The van der Waals surface area contributed by atoms with Crippen LogP contribution >= 0.6 is 0 Å². The smallest absolute Gasteiger partial charge is 0.0241 e. The molecule has 0 bridgehead atoms. The molecule has 0 aliphatic rings. The summed E-state index contributed by atoms with van der Waals surface area (Å²) in [5, 5.41) is 0. The maximum Gasteiger partial charge on any atom is 0.0241 e. The Bertz CT molecular complexity index is 249. The Labute approximate surface area is 100 Å². The van der Waals surface area contributed by atoms with Crippen LogP contribution in [0.25, 0.3) is 0 Å². The van der Waals surface area contributed by atoms with E-state index in [9.17, 15) is 0 Å². The molecule has 0 N–H and O–H groups in total. The Hall–Kier alpha value is -1.08. The van der Waals surface area contributed by atoms with Crippen molar-refractivity contribution in [2.45, 2.75) is 6.92 Å². The first-order chi connectivity index (χ1) is 7.74. The summed E-state index contributed by atoms with van der Waals surface area (Å²) in [6, 6.07) is 0. The van der Waals surface area contributed by atoms with E-state index in [-0.39, 0.29) is 0 Å². The fourth-order valence-corrected chi connectivity index (χ4v) is 1.28. The first-order valence-corrected chi connectivity index (χ1v) is 5.76. The SMILES string of the molecule is C=CCN(C)CC=C=CCN(CC)CC=C. The van der Waals surface area contributed by atoms with Gasteiger partial charge in [0.25, 0.3) is 0 Å². The number of nitrogens with zero attached hydrogens (tertiary/aromatic N) is 2. The maximum atomic E-state index is 3.74. The molecule has 0 saturated carbocycles. The van der Waals surface area contributed by atoms with Crippen molar-refractivity contribution in [3.05, 3.63) is 43.2 Å². The minimum absolute atomic E-state index is 0.912. The molecule has 2 heteroatoms. The standard InChI is InChI=1S/C14H24N2/c1-5-11-15(4)13-9-8-10-14-16(7-3)12-6-2/h5-6,9-10H,1-2,7,11-14H2,3-4H3. The van der Waals surface area contributed by atoms with Gasteiger partial charge in [-0.25, -0.2) is 0 Å². The van der Waals surface area contributed by atoms with Crippen molar-refractivity contribution in [1.82, 2.24) is 9.80 Å². The molecule has 0 amide bonds. The second-order valence-electron chi connectivity index (χ2n) is 3.73. The third-order valence-electron chi connectivity index (χ3n) is 2.26. The highest BCUT2D eigenvalue weighted by molar-refractivity contribution is 4.90. The largest absolute Gasteiger partial charge is 0.298 e. The molecule has 0 heterocycles. The van der Waals surface area contributed by atoms with Crippen molar-refractivity contribution < 1.29 is 0 Å². The van der Waals surface area contributed by atoms with E-state index < -0.39 is 0 Å². The topological polar surface area (TPSA) is 6.48 Å². The van der Waals surface area contributed by atoms with Crippen LogP contribution in [0.1, 0.15) is 6.92 Å². The first-order valence-electron chi connectivity index (χ1n) is 5.76. The molecular formula is C14H24N2. The molecule has 0 aromatic heterocycles. The number of hydrogen-bond donors (Lipinski definition) is 0. The number of likely N-dealkylation sites (N-methyl/N-ethyl adjacent to an activating group) is 2. The molecule has 0 saturated heterocycles. The zero-order valence-corrected chi connectivity index (χ0v) is 10.7. The predicted molar refractivity (Wildman–Crippen MR) is 72.7 cm³/mol. The van der Waals surface area contributed by atoms with Crippen LogP contribution in [0.15, 0.2) is 43.2 Å². The second-order valence-corrected chi connectivity index (χ2v) is 3.73. The van der Waals surface area contributed by atoms with Crippen molar-refractivity contribution in [2.24, 2.45) is 0 Å². The summed E-state index contributed by atoms with van der Waals surface area (Å²) in [6.07, 6.45) is 7.94. The highest BCUT2D eigenvalue weighted by Crippen LogP contribution is 1.88. The number of hydrogen-bond acceptors (Lipinski definition) is 2. The van der Waals surface area contributed by atoms with E-state index in [4.69, 9.17) is 0 Å². The van der Waals surface area contributed by atoms with Crippen molar-refractivity contribution >= 4 is 0 Å². The van der Waals surface area contributed by atoms with Crippen molar-refractivity contribution in [3.63, 3.8) is 0 Å². The average molecular weight is 220 g/mol. The van der Waals surface area contributed by atoms with E-state index in [1.807, 2.05) is 18.2 Å². The minimum atomic E-state index is 0.912. The molecule has 90 valence electrons. The third-order valence-corrected chi connectivity index (χ3v) is 2.26. The monoisotopic (exact) mass is 220 g/mol. The molecule has 0 spiro atoms. The first kappa shape index (κ1) is 14.9. The Morgan fingerprint density at radius 1 is 1.00 bits per heavy atom. The normalized spacial score (nSPS) is 10.0. The Kier molecular flexibility index (Phi) is 9.73. The molecule has 0 unspecified atom stereocenters. The summed E-state index contributed by atoms with van der Waals surface area (Å²) in [7, 11) is 2.07. The summed E-state index contributed by atoms with van der Waals surface area (Å²) in [5.74, 6) is 0. The van der Waals surface area contributed by atoms with E-state index in [0.717, 1.165) is 32.7 Å². The lowest BCUT2D eigenvalue weighted by atomic mass is 10.4. The van der Waals surface area contributed by atoms with Gasteiger partial charge in [0.1, 0.15) is 0 Å². The lowest BCUT2D eigenvalue weighted by molar-refractivity contribution is 0.355. The molecule has 0 aromatic rings. The van der Waals surface area contributed by atoms with Crippen LogP contribution < -0.4 is 0 Å². The van der Waals surface area contributed by atoms with Gasteiger partial charge in [0.15, 0.2) is 0 Å². The molecule has 16 heavy (non-hydrogen) atoms. The fourth-order valence-electron chi connectivity index (χ4n) is 1.28. The summed E-state index contributed by atoms with van der Waals surface area (Å²) in [5.41, 5.74) is 3.20. The van der Waals surface area contributed by atoms with Gasteiger partial charge in [-0.2, -0.15) is 0 Å². The van der Waals surface area contributed by atoms with E-state index in [1.165, 1.54) is 0 Å². The Balaban J connectivity index is 3.84. The molecular weight excluding hydrogens is 196 g/mol. The van der Waals surface area contributed by atoms with E-state index >= 15 is 0 Å². The van der Waals surface area contributed by atoms with Crippen LogP contribution in [0, 0.1) is 0 Å². The lowest BCUT2D eigenvalue weighted by Gasteiger charge is -2.14. The van der Waals surface area contributed by atoms with E-state index in [1.54, 1.807) is 0 Å². The van der Waals surface area contributed by atoms with Gasteiger partial charge in [0.2, 0.25) is 0 Å². The van der Waals surface area contributed by atoms with Crippen LogP contribution in [0.2, 0.25) is 0 Å². The Morgan fingerprint density at radius 3 is 2.19 bits per heavy atom. The highest BCUT2D eigenvalue weighted by Gasteiger charge is 1.94. The molecule has 2 nitrogen and oxygen atoms in total. The van der Waals surface area contributed by atoms with Gasteiger partial charge in [-0.3, -0.25) is 9.80 Å². The van der Waals surface area contributed by atoms with Gasteiger partial charge in [0.05, 0.1) is 0 Å². The van der Waals surface area contributed by atoms with Crippen molar-refractivity contribution in [1.29, 1.82) is 0 Å². The maximum absolute atomic E-state index is 3.74. The second kappa shape index (κ2) is 10.4. The van der Waals surface area contributed by atoms with Crippen LogP contribution in [0.5, 0.6) is 0 Å². The zero-order valence-electron chi connectivity index (χ0n) is 10.7. The molecule has 0 radical (unpaired) electrons. The van der Waals surface area contributed by atoms with E-state index in [2.05, 4.69) is 48.7 Å². The van der Waals surface area contributed by atoms with Crippen molar-refractivity contribution in [2.75, 3.05) is 39.8 Å². The summed E-state index contributed by atoms with van der Waals surface area (Å²) in [6.45, 7) is 14.3. The average Bonchev–Trinajstić information content (AvgIpc) is 2.27. The van der Waals surface area contributed by atoms with Crippen LogP contribution in [-0.2, 0) is 0 Å². The van der Waals surface area contributed by atoms with Crippen LogP contribution in [-0.4, -0.2) is 49.6 Å². The lowest BCUT2D eigenvalue weighted by Crippen LogP contribution is -2.23. The fraction of sp³-hybridized carbons (Fsp3) is 0.500. The van der Waals surface area contributed by atoms with Gasteiger partial charge >= 0.3 is 0 Å². The quantitative estimate of drug-likeness (QED) is 0.434. The molecule has 0 fully saturated rings. The minimum Gasteiger partial charge on any atom is -0.298 e. The number of rotatable bonds is 9. The molecule has 0 atom stereocenters. The molecule has 0 aromatic carbocycles. The summed E-state index contributed by atoms with van der Waals surface area (Å²) in [4.78, 5) is 4.47. The summed E-state index contributed by atoms with van der Waals surface area (Å²) < 4.78 is 0. The van der Waals surface area contributed by atoms with Gasteiger partial charge < -0.3 is 0 Å². The van der Waals surface area contributed by atoms with Gasteiger partial charge in [0, 0.05) is 26.2 Å². The third kappa shape index (κ3) is 8.25. The van der Waals surface area contributed by atoms with Gasteiger partial charge in [-0.1, -0.05) is 19.1 Å².